The van der Waals surface area contributed by atoms with Crippen LogP contribution in [0.25, 0.3) is 0 Å². The Morgan fingerprint density at radius 2 is 2.42 bits per heavy atom. The van der Waals surface area contributed by atoms with Crippen molar-refractivity contribution < 1.29 is 9.90 Å². The van der Waals surface area contributed by atoms with Crippen LogP contribution in [0.3, 0.4) is 0 Å². The molecule has 1 fully saturated rings. The highest BCUT2D eigenvalue weighted by molar-refractivity contribution is 6.02. The molecule has 0 aliphatic heterocycles. The summed E-state index contributed by atoms with van der Waals surface area (Å²) in [4.78, 5) is 11.6. The van der Waals surface area contributed by atoms with Crippen molar-refractivity contribution in [3.63, 3.8) is 0 Å². The SMILES string of the molecule is CC(C)[C@]12C[C@H]1C(CO)=CC2=O. The van der Waals surface area contributed by atoms with Gasteiger partial charge in [0.15, 0.2) is 5.78 Å². The van der Waals surface area contributed by atoms with E-state index < -0.39 is 0 Å². The van der Waals surface area contributed by atoms with Gasteiger partial charge in [0.2, 0.25) is 0 Å². The number of fused-ring (bicyclic) bond motifs is 1. The highest BCUT2D eigenvalue weighted by Gasteiger charge is 2.64. The Kier molecular flexibility index (Phi) is 1.46. The van der Waals surface area contributed by atoms with Gasteiger partial charge >= 0.3 is 0 Å². The average Bonchev–Trinajstić information content (AvgIpc) is 2.70. The Balaban J connectivity index is 2.27. The number of carbonyl (C=O) groups is 1. The fraction of sp³-hybridized carbons (Fsp3) is 0.700. The van der Waals surface area contributed by atoms with Crippen molar-refractivity contribution in [3.05, 3.63) is 11.6 Å². The lowest BCUT2D eigenvalue weighted by molar-refractivity contribution is -0.120. The summed E-state index contributed by atoms with van der Waals surface area (Å²) in [5.41, 5.74) is 0.853. The zero-order valence-corrected chi connectivity index (χ0v) is 7.50. The largest absolute Gasteiger partial charge is 0.392 e. The summed E-state index contributed by atoms with van der Waals surface area (Å²) in [5.74, 6) is 1.02. The Labute approximate surface area is 72.3 Å². The molecule has 0 spiro atoms. The average molecular weight is 166 g/mol. The molecule has 12 heavy (non-hydrogen) atoms. The van der Waals surface area contributed by atoms with Crippen molar-refractivity contribution in [2.24, 2.45) is 17.3 Å². The molecular weight excluding hydrogens is 152 g/mol. The molecule has 2 nitrogen and oxygen atoms in total. The van der Waals surface area contributed by atoms with Crippen LogP contribution in [0.15, 0.2) is 11.6 Å². The molecule has 0 saturated heterocycles. The maximum atomic E-state index is 11.6. The van der Waals surface area contributed by atoms with E-state index in [4.69, 9.17) is 5.11 Å². The third kappa shape index (κ3) is 0.712. The van der Waals surface area contributed by atoms with E-state index in [1.807, 2.05) is 0 Å². The molecule has 0 unspecified atom stereocenters. The van der Waals surface area contributed by atoms with Gasteiger partial charge in [-0.15, -0.1) is 0 Å². The van der Waals surface area contributed by atoms with Crippen molar-refractivity contribution in [3.8, 4) is 0 Å². The first-order chi connectivity index (χ1) is 5.63. The van der Waals surface area contributed by atoms with Crippen LogP contribution in [0.4, 0.5) is 0 Å². The Hall–Kier alpha value is -0.630. The van der Waals surface area contributed by atoms with Crippen LogP contribution in [-0.4, -0.2) is 17.5 Å². The van der Waals surface area contributed by atoms with E-state index in [1.54, 1.807) is 6.08 Å². The molecule has 66 valence electrons. The second-order valence-corrected chi connectivity index (χ2v) is 4.19. The molecule has 1 N–H and O–H groups in total. The normalized spacial score (nSPS) is 38.5. The van der Waals surface area contributed by atoms with Gasteiger partial charge in [0.05, 0.1) is 6.61 Å². The molecule has 2 atom stereocenters. The molecule has 0 heterocycles. The van der Waals surface area contributed by atoms with Crippen molar-refractivity contribution in [1.82, 2.24) is 0 Å². The van der Waals surface area contributed by atoms with Gasteiger partial charge < -0.3 is 5.11 Å². The molecular formula is C10H14O2. The third-order valence-electron chi connectivity index (χ3n) is 3.44. The Bertz CT molecular complexity index is 265. The number of aliphatic hydroxyl groups excluding tert-OH is 1. The lowest BCUT2D eigenvalue weighted by atomic mass is 9.88. The van der Waals surface area contributed by atoms with Crippen molar-refractivity contribution in [1.29, 1.82) is 0 Å². The van der Waals surface area contributed by atoms with Gasteiger partial charge in [-0.05, 0) is 29.9 Å². The minimum atomic E-state index is -0.0991. The summed E-state index contributed by atoms with van der Waals surface area (Å²) >= 11 is 0. The fourth-order valence-corrected chi connectivity index (χ4v) is 2.49. The predicted octanol–water partition coefficient (Wildman–Crippen LogP) is 1.15. The molecule has 0 bridgehead atoms. The molecule has 2 aliphatic rings. The number of hydrogen-bond donors (Lipinski definition) is 1. The number of hydrogen-bond acceptors (Lipinski definition) is 2. The number of carbonyl (C=O) groups excluding carboxylic acids is 1. The minimum absolute atomic E-state index is 0.0604. The van der Waals surface area contributed by atoms with Crippen molar-refractivity contribution in [2.75, 3.05) is 6.61 Å². The van der Waals surface area contributed by atoms with Crippen LogP contribution >= 0.6 is 0 Å². The van der Waals surface area contributed by atoms with Crippen LogP contribution in [0, 0.1) is 17.3 Å². The monoisotopic (exact) mass is 166 g/mol. The lowest BCUT2D eigenvalue weighted by Gasteiger charge is -2.14. The van der Waals surface area contributed by atoms with E-state index in [0.717, 1.165) is 12.0 Å². The van der Waals surface area contributed by atoms with Gasteiger partial charge in [0.1, 0.15) is 0 Å². The van der Waals surface area contributed by atoms with Gasteiger partial charge in [-0.25, -0.2) is 0 Å². The molecule has 2 rings (SSSR count). The second kappa shape index (κ2) is 2.19. The van der Waals surface area contributed by atoms with E-state index in [1.165, 1.54) is 0 Å². The van der Waals surface area contributed by atoms with E-state index in [2.05, 4.69) is 13.8 Å². The van der Waals surface area contributed by atoms with E-state index in [9.17, 15) is 4.79 Å². The van der Waals surface area contributed by atoms with Crippen LogP contribution in [-0.2, 0) is 4.79 Å². The molecule has 0 aromatic carbocycles. The molecule has 0 aromatic rings. The summed E-state index contributed by atoms with van der Waals surface area (Å²) in [7, 11) is 0. The minimum Gasteiger partial charge on any atom is -0.392 e. The maximum Gasteiger partial charge on any atom is 0.162 e. The third-order valence-corrected chi connectivity index (χ3v) is 3.44. The fourth-order valence-electron chi connectivity index (χ4n) is 2.49. The number of aliphatic hydroxyl groups is 1. The number of rotatable bonds is 2. The van der Waals surface area contributed by atoms with Gasteiger partial charge in [-0.1, -0.05) is 13.8 Å². The molecule has 0 aromatic heterocycles. The molecule has 0 amide bonds. The topological polar surface area (TPSA) is 37.3 Å². The summed E-state index contributed by atoms with van der Waals surface area (Å²) in [5, 5.41) is 8.96. The summed E-state index contributed by atoms with van der Waals surface area (Å²) in [6.07, 6.45) is 2.62. The molecule has 1 saturated carbocycles. The zero-order valence-electron chi connectivity index (χ0n) is 7.50. The van der Waals surface area contributed by atoms with Gasteiger partial charge in [0, 0.05) is 5.41 Å². The van der Waals surface area contributed by atoms with Crippen molar-refractivity contribution >= 4 is 5.78 Å². The van der Waals surface area contributed by atoms with Gasteiger partial charge in [0.25, 0.3) is 0 Å². The zero-order chi connectivity index (χ0) is 8.93. The van der Waals surface area contributed by atoms with E-state index >= 15 is 0 Å². The first-order valence-electron chi connectivity index (χ1n) is 4.48. The number of allylic oxidation sites excluding steroid dienone is 1. The second-order valence-electron chi connectivity index (χ2n) is 4.19. The van der Waals surface area contributed by atoms with Crippen LogP contribution < -0.4 is 0 Å². The van der Waals surface area contributed by atoms with Crippen LogP contribution in [0.5, 0.6) is 0 Å². The summed E-state index contributed by atoms with van der Waals surface area (Å²) < 4.78 is 0. The summed E-state index contributed by atoms with van der Waals surface area (Å²) in [6, 6.07) is 0. The Morgan fingerprint density at radius 1 is 1.75 bits per heavy atom. The van der Waals surface area contributed by atoms with E-state index in [0.29, 0.717) is 11.8 Å². The molecule has 2 heteroatoms. The summed E-state index contributed by atoms with van der Waals surface area (Å²) in [6.45, 7) is 4.24. The lowest BCUT2D eigenvalue weighted by Crippen LogP contribution is -2.18. The van der Waals surface area contributed by atoms with Crippen molar-refractivity contribution in [2.45, 2.75) is 20.3 Å². The molecule has 2 aliphatic carbocycles. The maximum absolute atomic E-state index is 11.6. The van der Waals surface area contributed by atoms with Crippen LogP contribution in [0.1, 0.15) is 20.3 Å². The highest BCUT2D eigenvalue weighted by atomic mass is 16.3. The van der Waals surface area contributed by atoms with Gasteiger partial charge in [-0.2, -0.15) is 0 Å². The van der Waals surface area contributed by atoms with E-state index in [-0.39, 0.29) is 17.8 Å². The highest BCUT2D eigenvalue weighted by Crippen LogP contribution is 2.65. The predicted molar refractivity (Wildman–Crippen MR) is 45.6 cm³/mol. The van der Waals surface area contributed by atoms with Crippen LogP contribution in [0.2, 0.25) is 0 Å². The van der Waals surface area contributed by atoms with Gasteiger partial charge in [-0.3, -0.25) is 4.79 Å². The Morgan fingerprint density at radius 3 is 2.67 bits per heavy atom. The smallest absolute Gasteiger partial charge is 0.162 e. The standard InChI is InChI=1S/C10H14O2/c1-6(2)10-4-8(10)7(5-11)3-9(10)12/h3,6,8,11H,4-5H2,1-2H3/t8-,10+/m0/s1. The molecule has 0 radical (unpaired) electrons. The first-order valence-corrected chi connectivity index (χ1v) is 4.48. The number of ketones is 1. The first kappa shape index (κ1) is 7.99. The quantitative estimate of drug-likeness (QED) is 0.668.